The smallest absolute Gasteiger partial charge is 0.250 e. The Labute approximate surface area is 152 Å². The maximum absolute atomic E-state index is 12.8. The number of amides is 2. The van der Waals surface area contributed by atoms with Gasteiger partial charge in [-0.05, 0) is 32.2 Å². The average Bonchev–Trinajstić information content (AvgIpc) is 3.02. The van der Waals surface area contributed by atoms with Crippen LogP contribution in [0.4, 0.5) is 11.4 Å². The summed E-state index contributed by atoms with van der Waals surface area (Å²) in [4.78, 5) is 26.8. The van der Waals surface area contributed by atoms with Crippen molar-refractivity contribution in [1.82, 2.24) is 10.2 Å². The highest BCUT2D eigenvalue weighted by atomic mass is 32.2. The first kappa shape index (κ1) is 17.2. The van der Waals surface area contributed by atoms with Crippen LogP contribution in [0.3, 0.4) is 0 Å². The van der Waals surface area contributed by atoms with E-state index in [1.54, 1.807) is 24.8 Å². The number of anilines is 2. The van der Waals surface area contributed by atoms with E-state index >= 15 is 0 Å². The predicted molar refractivity (Wildman–Crippen MR) is 99.1 cm³/mol. The van der Waals surface area contributed by atoms with Crippen molar-refractivity contribution in [3.05, 3.63) is 24.3 Å². The molecule has 0 aliphatic carbocycles. The minimum absolute atomic E-state index is 0.131. The maximum Gasteiger partial charge on any atom is 0.250 e. The lowest BCUT2D eigenvalue weighted by Crippen LogP contribution is -2.58. The first-order chi connectivity index (χ1) is 11.4. The molecule has 1 aliphatic rings. The highest BCUT2D eigenvalue weighted by Crippen LogP contribution is 2.37. The summed E-state index contributed by atoms with van der Waals surface area (Å²) in [6.07, 6.45) is 1.94. The first-order valence-corrected chi connectivity index (χ1v) is 10.2. The molecule has 0 unspecified atom stereocenters. The Hall–Kier alpha value is -1.58. The zero-order valence-corrected chi connectivity index (χ0v) is 15.8. The summed E-state index contributed by atoms with van der Waals surface area (Å²) < 4.78 is 1.62. The largest absolute Gasteiger partial charge is 0.322 e. The summed E-state index contributed by atoms with van der Waals surface area (Å²) in [6.45, 7) is 3.50. The number of aromatic nitrogens is 2. The van der Waals surface area contributed by atoms with E-state index in [0.29, 0.717) is 5.69 Å². The predicted octanol–water partition coefficient (Wildman–Crippen LogP) is 3.12. The fraction of sp³-hybridized carbons (Fsp3) is 0.333. The Morgan fingerprint density at radius 2 is 2.00 bits per heavy atom. The van der Waals surface area contributed by atoms with Crippen LogP contribution in [-0.2, 0) is 9.59 Å². The van der Waals surface area contributed by atoms with Gasteiger partial charge < -0.3 is 5.32 Å². The molecule has 9 heteroatoms. The van der Waals surface area contributed by atoms with Crippen LogP contribution in [0.2, 0.25) is 0 Å². The van der Waals surface area contributed by atoms with Crippen LogP contribution >= 0.6 is 34.9 Å². The summed E-state index contributed by atoms with van der Waals surface area (Å²) in [5.74, 6) is -0.123. The lowest BCUT2D eigenvalue weighted by molar-refractivity contribution is -0.125. The van der Waals surface area contributed by atoms with Gasteiger partial charge in [-0.25, -0.2) is 0 Å². The second-order valence-electron chi connectivity index (χ2n) is 5.59. The van der Waals surface area contributed by atoms with Crippen molar-refractivity contribution in [2.75, 3.05) is 22.2 Å². The number of hydrogen-bond donors (Lipinski definition) is 1. The second-order valence-corrected chi connectivity index (χ2v) is 8.84. The van der Waals surface area contributed by atoms with Crippen LogP contribution in [0.1, 0.15) is 13.8 Å². The summed E-state index contributed by atoms with van der Waals surface area (Å²) in [6, 6.07) is 7.33. The molecule has 0 fully saturated rings. The number of thioether (sulfide) groups is 2. The quantitative estimate of drug-likeness (QED) is 0.822. The number of rotatable bonds is 4. The van der Waals surface area contributed by atoms with Gasteiger partial charge in [0, 0.05) is 0 Å². The van der Waals surface area contributed by atoms with Gasteiger partial charge >= 0.3 is 0 Å². The molecular formula is C15H16N4O2S3. The molecule has 1 aliphatic heterocycles. The molecule has 0 saturated heterocycles. The molecule has 2 aromatic rings. The van der Waals surface area contributed by atoms with Gasteiger partial charge in [0.05, 0.1) is 17.1 Å². The molecule has 0 bridgehead atoms. The fourth-order valence-electron chi connectivity index (χ4n) is 2.42. The summed E-state index contributed by atoms with van der Waals surface area (Å²) in [5, 5.41) is 10.9. The third-order valence-electron chi connectivity index (χ3n) is 3.64. The third-order valence-corrected chi connectivity index (χ3v) is 6.66. The molecular weight excluding hydrogens is 364 g/mol. The lowest BCUT2D eigenvalue weighted by atomic mass is 9.96. The maximum atomic E-state index is 12.8. The summed E-state index contributed by atoms with van der Waals surface area (Å²) in [5.41, 5.74) is 0.424. The van der Waals surface area contributed by atoms with E-state index < -0.39 is 5.54 Å². The molecule has 2 heterocycles. The SMILES string of the molecule is CSc1nnc(SCC(=O)N2c3ccccc3NC(=O)C2(C)C)s1. The van der Waals surface area contributed by atoms with Gasteiger partial charge in [-0.1, -0.05) is 47.0 Å². The van der Waals surface area contributed by atoms with E-state index in [1.807, 2.05) is 24.5 Å². The Morgan fingerprint density at radius 1 is 1.29 bits per heavy atom. The van der Waals surface area contributed by atoms with Crippen molar-refractivity contribution in [3.8, 4) is 0 Å². The molecule has 1 aromatic heterocycles. The number of nitrogens with zero attached hydrogens (tertiary/aromatic N) is 3. The Morgan fingerprint density at radius 3 is 2.71 bits per heavy atom. The number of nitrogens with one attached hydrogen (secondary N) is 1. The van der Waals surface area contributed by atoms with Gasteiger partial charge in [-0.3, -0.25) is 14.5 Å². The molecule has 0 atom stereocenters. The normalized spacial score (nSPS) is 15.8. The molecule has 24 heavy (non-hydrogen) atoms. The van der Waals surface area contributed by atoms with Crippen LogP contribution in [0.15, 0.2) is 32.9 Å². The van der Waals surface area contributed by atoms with Crippen molar-refractivity contribution < 1.29 is 9.59 Å². The van der Waals surface area contributed by atoms with Crippen molar-refractivity contribution in [3.63, 3.8) is 0 Å². The van der Waals surface area contributed by atoms with E-state index in [1.165, 1.54) is 34.9 Å². The van der Waals surface area contributed by atoms with Gasteiger partial charge in [0.15, 0.2) is 8.68 Å². The minimum Gasteiger partial charge on any atom is -0.322 e. The zero-order valence-electron chi connectivity index (χ0n) is 13.4. The first-order valence-electron chi connectivity index (χ1n) is 7.17. The van der Waals surface area contributed by atoms with Crippen molar-refractivity contribution in [1.29, 1.82) is 0 Å². The Balaban J connectivity index is 1.83. The van der Waals surface area contributed by atoms with E-state index in [-0.39, 0.29) is 17.6 Å². The van der Waals surface area contributed by atoms with Gasteiger partial charge in [-0.2, -0.15) is 0 Å². The van der Waals surface area contributed by atoms with Gasteiger partial charge in [0.25, 0.3) is 0 Å². The van der Waals surface area contributed by atoms with Crippen LogP contribution in [0.25, 0.3) is 0 Å². The Kier molecular flexibility index (Phi) is 4.84. The van der Waals surface area contributed by atoms with Crippen LogP contribution in [0.5, 0.6) is 0 Å². The minimum atomic E-state index is -0.947. The monoisotopic (exact) mass is 380 g/mol. The number of carbonyl (C=O) groups is 2. The number of benzene rings is 1. The summed E-state index contributed by atoms with van der Waals surface area (Å²) >= 11 is 4.33. The Bertz CT molecular complexity index is 791. The third kappa shape index (κ3) is 3.15. The summed E-state index contributed by atoms with van der Waals surface area (Å²) in [7, 11) is 0. The average molecular weight is 381 g/mol. The lowest BCUT2D eigenvalue weighted by Gasteiger charge is -2.42. The number of carbonyl (C=O) groups excluding carboxylic acids is 2. The van der Waals surface area contributed by atoms with Crippen LogP contribution in [0, 0.1) is 0 Å². The number of fused-ring (bicyclic) bond motifs is 1. The molecule has 1 N–H and O–H groups in total. The molecule has 3 rings (SSSR count). The van der Waals surface area contributed by atoms with Gasteiger partial charge in [0.2, 0.25) is 11.8 Å². The van der Waals surface area contributed by atoms with Crippen LogP contribution in [-0.4, -0.2) is 39.6 Å². The van der Waals surface area contributed by atoms with E-state index in [4.69, 9.17) is 0 Å². The molecule has 126 valence electrons. The number of para-hydroxylation sites is 2. The topological polar surface area (TPSA) is 75.2 Å². The zero-order chi connectivity index (χ0) is 17.3. The van der Waals surface area contributed by atoms with E-state index in [2.05, 4.69) is 15.5 Å². The molecule has 0 saturated carbocycles. The van der Waals surface area contributed by atoms with E-state index in [9.17, 15) is 9.59 Å². The molecule has 2 amide bonds. The molecule has 0 radical (unpaired) electrons. The highest BCUT2D eigenvalue weighted by Gasteiger charge is 2.43. The van der Waals surface area contributed by atoms with Crippen molar-refractivity contribution in [2.45, 2.75) is 28.1 Å². The molecule has 0 spiro atoms. The standard InChI is InChI=1S/C15H16N4O2S3/c1-15(2)12(21)16-9-6-4-5-7-10(9)19(15)11(20)8-23-14-18-17-13(22-3)24-14/h4-7H,8H2,1-3H3,(H,16,21). The number of hydrogen-bond acceptors (Lipinski definition) is 7. The van der Waals surface area contributed by atoms with Crippen LogP contribution < -0.4 is 10.2 Å². The fourth-order valence-corrected chi connectivity index (χ4v) is 4.71. The van der Waals surface area contributed by atoms with E-state index in [0.717, 1.165) is 14.4 Å². The molecule has 1 aromatic carbocycles. The second kappa shape index (κ2) is 6.73. The van der Waals surface area contributed by atoms with Crippen molar-refractivity contribution in [2.24, 2.45) is 0 Å². The highest BCUT2D eigenvalue weighted by molar-refractivity contribution is 8.03. The molecule has 6 nitrogen and oxygen atoms in total. The van der Waals surface area contributed by atoms with Crippen molar-refractivity contribution >= 4 is 58.0 Å². The van der Waals surface area contributed by atoms with Gasteiger partial charge in [-0.15, -0.1) is 10.2 Å². The van der Waals surface area contributed by atoms with Gasteiger partial charge in [0.1, 0.15) is 5.54 Å².